The lowest BCUT2D eigenvalue weighted by molar-refractivity contribution is 0.152. The second-order valence-corrected chi connectivity index (χ2v) is 1.21. The van der Waals surface area contributed by atoms with Gasteiger partial charge in [-0.15, -0.1) is 0 Å². The maximum Gasteiger partial charge on any atom is 0.404 e. The molecule has 0 rings (SSSR count). The molecule has 0 aromatic heterocycles. The van der Waals surface area contributed by atoms with Crippen molar-refractivity contribution in [2.24, 2.45) is 5.73 Å². The lowest BCUT2D eigenvalue weighted by Crippen LogP contribution is -2.13. The van der Waals surface area contributed by atoms with Gasteiger partial charge in [-0.1, -0.05) is 0 Å². The van der Waals surface area contributed by atoms with Crippen LogP contribution in [0, 0.1) is 0 Å². The Morgan fingerprint density at radius 2 is 2.38 bits per heavy atom. The van der Waals surface area contributed by atoms with Crippen molar-refractivity contribution in [1.82, 2.24) is 0 Å². The highest BCUT2D eigenvalue weighted by molar-refractivity contribution is 5.64. The van der Waals surface area contributed by atoms with Gasteiger partial charge in [0.25, 0.3) is 0 Å². The van der Waals surface area contributed by atoms with Crippen molar-refractivity contribution in [3.8, 4) is 0 Å². The maximum absolute atomic E-state index is 11.2. The molecule has 0 heterocycles. The molecule has 0 unspecified atom stereocenters. The molecule has 0 radical (unpaired) electrons. The second kappa shape index (κ2) is 4.36. The maximum atomic E-state index is 11.2. The largest absolute Gasteiger partial charge is 0.450 e. The molecule has 0 saturated heterocycles. The zero-order valence-corrected chi connectivity index (χ0v) is 4.39. The molecule has 0 spiro atoms. The van der Waals surface area contributed by atoms with Crippen LogP contribution >= 0.6 is 0 Å². The number of amides is 1. The fourth-order valence-corrected chi connectivity index (χ4v) is 0.227. The van der Waals surface area contributed by atoms with Crippen molar-refractivity contribution >= 4 is 6.09 Å². The third kappa shape index (κ3) is 5.20. The lowest BCUT2D eigenvalue weighted by Gasteiger charge is -1.94. The van der Waals surface area contributed by atoms with Crippen LogP contribution in [-0.2, 0) is 4.74 Å². The summed E-state index contributed by atoms with van der Waals surface area (Å²) in [7, 11) is 0. The first-order valence-corrected chi connectivity index (χ1v) is 2.25. The summed E-state index contributed by atoms with van der Waals surface area (Å²) in [5, 5.41) is 0. The molecular formula is C4H8FNO2. The minimum absolute atomic E-state index is 0.0752. The fraction of sp³-hybridized carbons (Fsp3) is 0.750. The number of alkyl halides is 1. The van der Waals surface area contributed by atoms with E-state index in [0.717, 1.165) is 0 Å². The number of hydrogen-bond acceptors (Lipinski definition) is 2. The molecule has 2 N–H and O–H groups in total. The molecule has 0 aliphatic rings. The molecule has 0 fully saturated rings. The van der Waals surface area contributed by atoms with Gasteiger partial charge in [-0.3, -0.25) is 4.39 Å². The van der Waals surface area contributed by atoms with E-state index in [9.17, 15) is 9.18 Å². The first-order valence-electron chi connectivity index (χ1n) is 2.25. The zero-order chi connectivity index (χ0) is 6.41. The number of primary amides is 1. The fourth-order valence-electron chi connectivity index (χ4n) is 0.227. The van der Waals surface area contributed by atoms with E-state index in [2.05, 4.69) is 10.5 Å². The normalized spacial score (nSPS) is 8.62. The van der Waals surface area contributed by atoms with Gasteiger partial charge >= 0.3 is 6.09 Å². The number of hydrogen-bond donors (Lipinski definition) is 1. The Bertz CT molecular complexity index is 76.4. The third-order valence-corrected chi connectivity index (χ3v) is 0.522. The highest BCUT2D eigenvalue weighted by atomic mass is 19.1. The molecule has 8 heavy (non-hydrogen) atoms. The molecule has 0 aliphatic heterocycles. The second-order valence-electron chi connectivity index (χ2n) is 1.21. The van der Waals surface area contributed by atoms with Gasteiger partial charge in [-0.05, 0) is 0 Å². The number of ether oxygens (including phenoxy) is 1. The van der Waals surface area contributed by atoms with E-state index in [4.69, 9.17) is 0 Å². The van der Waals surface area contributed by atoms with Gasteiger partial charge in [0, 0.05) is 6.42 Å². The number of carbonyl (C=O) groups excluding carboxylic acids is 1. The Morgan fingerprint density at radius 1 is 1.75 bits per heavy atom. The van der Waals surface area contributed by atoms with E-state index in [1.807, 2.05) is 0 Å². The van der Waals surface area contributed by atoms with Crippen molar-refractivity contribution in [3.05, 3.63) is 0 Å². The SMILES string of the molecule is NC(=O)OCCCF. The quantitative estimate of drug-likeness (QED) is 0.551. The summed E-state index contributed by atoms with van der Waals surface area (Å²) in [6.07, 6.45) is -0.624. The number of rotatable bonds is 3. The summed E-state index contributed by atoms with van der Waals surface area (Å²) in [4.78, 5) is 9.75. The van der Waals surface area contributed by atoms with Gasteiger partial charge in [0.05, 0.1) is 13.3 Å². The summed E-state index contributed by atoms with van der Waals surface area (Å²) in [6, 6.07) is 0. The van der Waals surface area contributed by atoms with E-state index < -0.39 is 12.8 Å². The Balaban J connectivity index is 2.82. The van der Waals surface area contributed by atoms with Crippen LogP contribution in [0.25, 0.3) is 0 Å². The highest BCUT2D eigenvalue weighted by Crippen LogP contribution is 1.81. The number of halogens is 1. The predicted molar refractivity (Wildman–Crippen MR) is 26.1 cm³/mol. The first-order chi connectivity index (χ1) is 3.77. The smallest absolute Gasteiger partial charge is 0.404 e. The van der Waals surface area contributed by atoms with Crippen LogP contribution in [0.3, 0.4) is 0 Å². The van der Waals surface area contributed by atoms with Gasteiger partial charge < -0.3 is 10.5 Å². The minimum atomic E-state index is -0.849. The van der Waals surface area contributed by atoms with Crippen molar-refractivity contribution in [1.29, 1.82) is 0 Å². The summed E-state index contributed by atoms with van der Waals surface area (Å²) in [5.41, 5.74) is 4.55. The molecule has 0 aromatic rings. The summed E-state index contributed by atoms with van der Waals surface area (Å²) in [5.74, 6) is 0. The standard InChI is InChI=1S/C4H8FNO2/c5-2-1-3-8-4(6)7/h1-3H2,(H2,6,7). The van der Waals surface area contributed by atoms with E-state index in [1.54, 1.807) is 0 Å². The van der Waals surface area contributed by atoms with Crippen LogP contribution in [0.4, 0.5) is 9.18 Å². The number of nitrogens with two attached hydrogens (primary N) is 1. The molecule has 4 heteroatoms. The number of carbonyl (C=O) groups is 1. The van der Waals surface area contributed by atoms with Gasteiger partial charge in [-0.2, -0.15) is 0 Å². The Kier molecular flexibility index (Phi) is 3.93. The summed E-state index contributed by atoms with van der Waals surface area (Å²) in [6.45, 7) is -0.404. The van der Waals surface area contributed by atoms with Crippen LogP contribution in [0.5, 0.6) is 0 Å². The topological polar surface area (TPSA) is 52.3 Å². The Hall–Kier alpha value is -0.800. The van der Waals surface area contributed by atoms with Crippen LogP contribution in [-0.4, -0.2) is 19.4 Å². The molecular weight excluding hydrogens is 113 g/mol. The minimum Gasteiger partial charge on any atom is -0.450 e. The van der Waals surface area contributed by atoms with Crippen LogP contribution in [0.15, 0.2) is 0 Å². The van der Waals surface area contributed by atoms with Gasteiger partial charge in [0.15, 0.2) is 0 Å². The summed E-state index contributed by atoms with van der Waals surface area (Å²) < 4.78 is 15.4. The predicted octanol–water partition coefficient (Wildman–Crippen LogP) is 0.441. The van der Waals surface area contributed by atoms with Crippen molar-refractivity contribution in [2.75, 3.05) is 13.3 Å². The molecule has 0 bridgehead atoms. The van der Waals surface area contributed by atoms with E-state index in [1.165, 1.54) is 0 Å². The lowest BCUT2D eigenvalue weighted by atomic mass is 10.5. The molecule has 0 atom stereocenters. The molecule has 0 aliphatic carbocycles. The average Bonchev–Trinajstić information content (AvgIpc) is 1.66. The van der Waals surface area contributed by atoms with Crippen LogP contribution in [0.1, 0.15) is 6.42 Å². The van der Waals surface area contributed by atoms with Crippen molar-refractivity contribution in [3.63, 3.8) is 0 Å². The van der Waals surface area contributed by atoms with Gasteiger partial charge in [0.2, 0.25) is 0 Å². The van der Waals surface area contributed by atoms with E-state index in [-0.39, 0.29) is 13.0 Å². The average molecular weight is 121 g/mol. The molecule has 48 valence electrons. The Morgan fingerprint density at radius 3 is 2.75 bits per heavy atom. The van der Waals surface area contributed by atoms with Crippen molar-refractivity contribution < 1.29 is 13.9 Å². The zero-order valence-electron chi connectivity index (χ0n) is 4.39. The van der Waals surface area contributed by atoms with Crippen LogP contribution in [0.2, 0.25) is 0 Å². The Labute approximate surface area is 46.6 Å². The summed E-state index contributed by atoms with van der Waals surface area (Å²) >= 11 is 0. The molecule has 0 aromatic carbocycles. The monoisotopic (exact) mass is 121 g/mol. The molecule has 1 amide bonds. The van der Waals surface area contributed by atoms with Crippen LogP contribution < -0.4 is 5.73 Å². The van der Waals surface area contributed by atoms with Crippen molar-refractivity contribution in [2.45, 2.75) is 6.42 Å². The van der Waals surface area contributed by atoms with E-state index >= 15 is 0 Å². The molecule has 3 nitrogen and oxygen atoms in total. The van der Waals surface area contributed by atoms with Gasteiger partial charge in [-0.25, -0.2) is 4.79 Å². The first kappa shape index (κ1) is 7.20. The van der Waals surface area contributed by atoms with Gasteiger partial charge in [0.1, 0.15) is 0 Å². The molecule has 0 saturated carbocycles. The highest BCUT2D eigenvalue weighted by Gasteiger charge is 1.90. The third-order valence-electron chi connectivity index (χ3n) is 0.522. The van der Waals surface area contributed by atoms with E-state index in [0.29, 0.717) is 0 Å².